The highest BCUT2D eigenvalue weighted by Crippen LogP contribution is 2.33. The number of carbonyl (C=O) groups is 1. The minimum absolute atomic E-state index is 0.0407. The number of aliphatic imine (C=N–C) groups is 1. The number of hydrogen-bond acceptors (Lipinski definition) is 9. The highest BCUT2D eigenvalue weighted by atomic mass is 16.5. The third-order valence-electron chi connectivity index (χ3n) is 6.37. The molecule has 3 aromatic rings. The molecule has 1 aliphatic heterocycles. The summed E-state index contributed by atoms with van der Waals surface area (Å²) in [6.07, 6.45) is 6.25. The lowest BCUT2D eigenvalue weighted by molar-refractivity contribution is -0.131. The molecule has 37 heavy (non-hydrogen) atoms. The quantitative estimate of drug-likeness (QED) is 0.448. The van der Waals surface area contributed by atoms with E-state index in [9.17, 15) is 9.90 Å². The number of nitrogens with one attached hydrogen (secondary N) is 2. The van der Waals surface area contributed by atoms with E-state index in [4.69, 9.17) is 9.47 Å². The minimum Gasteiger partial charge on any atom is -0.494 e. The average Bonchev–Trinajstić information content (AvgIpc) is 3.22. The SMILES string of the molecule is CCCCCN1CCOc2cc(ccc2OC)N=Cc2c(O)[nH]c3ncnc(c23)NCCN(C)C(=O)C1. The second-order valence-corrected chi connectivity index (χ2v) is 9.00. The van der Waals surface area contributed by atoms with Gasteiger partial charge in [0.2, 0.25) is 5.91 Å². The maximum absolute atomic E-state index is 13.0. The van der Waals surface area contributed by atoms with Gasteiger partial charge >= 0.3 is 0 Å². The average molecular weight is 510 g/mol. The molecule has 0 saturated heterocycles. The van der Waals surface area contributed by atoms with E-state index in [2.05, 4.69) is 37.1 Å². The number of rotatable bonds is 5. The summed E-state index contributed by atoms with van der Waals surface area (Å²) in [5.41, 5.74) is 1.58. The molecule has 11 heteroatoms. The summed E-state index contributed by atoms with van der Waals surface area (Å²) in [6, 6.07) is 5.40. The number of carbonyl (C=O) groups excluding carboxylic acids is 1. The first kappa shape index (κ1) is 26.2. The third-order valence-corrected chi connectivity index (χ3v) is 6.37. The Bertz CT molecular complexity index is 1240. The molecule has 3 heterocycles. The molecule has 11 nitrogen and oxygen atoms in total. The van der Waals surface area contributed by atoms with Crippen LogP contribution in [-0.4, -0.2) is 95.5 Å². The Balaban J connectivity index is 1.67. The van der Waals surface area contributed by atoms with Crippen molar-refractivity contribution in [2.75, 3.05) is 58.8 Å². The molecule has 0 saturated carbocycles. The van der Waals surface area contributed by atoms with Crippen molar-refractivity contribution in [2.24, 2.45) is 4.99 Å². The van der Waals surface area contributed by atoms with Crippen LogP contribution in [0.5, 0.6) is 17.4 Å². The number of aromatic amines is 1. The molecule has 2 aromatic heterocycles. The van der Waals surface area contributed by atoms with Crippen molar-refractivity contribution in [3.05, 3.63) is 30.1 Å². The Morgan fingerprint density at radius 1 is 1.22 bits per heavy atom. The summed E-state index contributed by atoms with van der Waals surface area (Å²) < 4.78 is 11.6. The monoisotopic (exact) mass is 509 g/mol. The van der Waals surface area contributed by atoms with E-state index in [0.29, 0.717) is 72.4 Å². The smallest absolute Gasteiger partial charge is 0.236 e. The van der Waals surface area contributed by atoms with Crippen LogP contribution in [-0.2, 0) is 4.79 Å². The molecule has 1 aromatic carbocycles. The maximum Gasteiger partial charge on any atom is 0.236 e. The van der Waals surface area contributed by atoms with Crippen molar-refractivity contribution in [1.82, 2.24) is 24.8 Å². The van der Waals surface area contributed by atoms with Crippen LogP contribution in [0.3, 0.4) is 0 Å². The zero-order valence-corrected chi connectivity index (χ0v) is 21.7. The molecule has 198 valence electrons. The van der Waals surface area contributed by atoms with Crippen molar-refractivity contribution >= 4 is 34.7 Å². The summed E-state index contributed by atoms with van der Waals surface area (Å²) in [6.45, 7) is 5.30. The number of ether oxygens (including phenoxy) is 2. The van der Waals surface area contributed by atoms with E-state index in [1.54, 1.807) is 37.4 Å². The van der Waals surface area contributed by atoms with Gasteiger partial charge in [0.05, 0.1) is 30.3 Å². The highest BCUT2D eigenvalue weighted by Gasteiger charge is 2.18. The molecule has 1 aliphatic rings. The lowest BCUT2D eigenvalue weighted by Crippen LogP contribution is -2.42. The van der Waals surface area contributed by atoms with Crippen LogP contribution in [0.4, 0.5) is 11.5 Å². The number of anilines is 1. The van der Waals surface area contributed by atoms with Crippen molar-refractivity contribution in [2.45, 2.75) is 26.2 Å². The Labute approximate surface area is 216 Å². The molecule has 0 spiro atoms. The number of H-pyrrole nitrogens is 1. The van der Waals surface area contributed by atoms with Crippen LogP contribution < -0.4 is 14.8 Å². The Hall–Kier alpha value is -3.86. The molecule has 0 unspecified atom stereocenters. The van der Waals surface area contributed by atoms with E-state index in [1.165, 1.54) is 6.33 Å². The van der Waals surface area contributed by atoms with E-state index in [0.717, 1.165) is 25.8 Å². The molecule has 2 bridgehead atoms. The Kier molecular flexibility index (Phi) is 8.78. The van der Waals surface area contributed by atoms with Gasteiger partial charge in [0.25, 0.3) is 0 Å². The first-order valence-electron chi connectivity index (χ1n) is 12.6. The number of aromatic hydroxyl groups is 1. The fourth-order valence-electron chi connectivity index (χ4n) is 4.21. The van der Waals surface area contributed by atoms with Gasteiger partial charge in [-0.2, -0.15) is 0 Å². The second kappa shape index (κ2) is 12.4. The predicted octanol–water partition coefficient (Wildman–Crippen LogP) is 3.18. The van der Waals surface area contributed by atoms with Crippen molar-refractivity contribution < 1.29 is 19.4 Å². The van der Waals surface area contributed by atoms with Gasteiger partial charge in [-0.3, -0.25) is 14.7 Å². The number of hydrogen-bond donors (Lipinski definition) is 3. The normalized spacial score (nSPS) is 15.6. The van der Waals surface area contributed by atoms with Crippen LogP contribution in [0.15, 0.2) is 29.5 Å². The second-order valence-electron chi connectivity index (χ2n) is 9.00. The van der Waals surface area contributed by atoms with E-state index in [1.807, 2.05) is 6.07 Å². The molecule has 0 aliphatic carbocycles. The number of aromatic nitrogens is 3. The first-order valence-corrected chi connectivity index (χ1v) is 12.6. The maximum atomic E-state index is 13.0. The molecule has 0 atom stereocenters. The van der Waals surface area contributed by atoms with Crippen molar-refractivity contribution in [1.29, 1.82) is 0 Å². The van der Waals surface area contributed by atoms with Gasteiger partial charge in [0, 0.05) is 39.0 Å². The van der Waals surface area contributed by atoms with Gasteiger partial charge in [-0.25, -0.2) is 9.97 Å². The lowest BCUT2D eigenvalue weighted by atomic mass is 10.2. The summed E-state index contributed by atoms with van der Waals surface area (Å²) >= 11 is 0. The molecular weight excluding hydrogens is 474 g/mol. The van der Waals surface area contributed by atoms with Crippen LogP contribution in [0.2, 0.25) is 0 Å². The van der Waals surface area contributed by atoms with Crippen LogP contribution in [0.1, 0.15) is 31.7 Å². The van der Waals surface area contributed by atoms with E-state index in [-0.39, 0.29) is 11.8 Å². The number of fused-ring (bicyclic) bond motifs is 2. The van der Waals surface area contributed by atoms with Crippen LogP contribution >= 0.6 is 0 Å². The van der Waals surface area contributed by atoms with Gasteiger partial charge in [-0.05, 0) is 25.1 Å². The van der Waals surface area contributed by atoms with E-state index >= 15 is 0 Å². The Morgan fingerprint density at radius 3 is 2.89 bits per heavy atom. The number of methoxy groups -OCH3 is 1. The summed E-state index contributed by atoms with van der Waals surface area (Å²) in [4.78, 5) is 32.9. The van der Waals surface area contributed by atoms with Gasteiger partial charge in [0.1, 0.15) is 24.4 Å². The number of unbranched alkanes of at least 4 members (excludes halogenated alkanes) is 2. The van der Waals surface area contributed by atoms with Crippen molar-refractivity contribution in [3.63, 3.8) is 0 Å². The van der Waals surface area contributed by atoms with Gasteiger partial charge < -0.3 is 29.8 Å². The molecule has 0 radical (unpaired) electrons. The molecule has 0 fully saturated rings. The zero-order valence-electron chi connectivity index (χ0n) is 21.7. The highest BCUT2D eigenvalue weighted by molar-refractivity contribution is 6.06. The molecule has 1 amide bonds. The summed E-state index contributed by atoms with van der Waals surface area (Å²) in [5, 5.41) is 14.4. The van der Waals surface area contributed by atoms with Crippen LogP contribution in [0.25, 0.3) is 11.0 Å². The number of likely N-dealkylation sites (N-methyl/N-ethyl adjacent to an activating group) is 1. The molecular formula is C26H35N7O4. The predicted molar refractivity (Wildman–Crippen MR) is 143 cm³/mol. The largest absolute Gasteiger partial charge is 0.494 e. The van der Waals surface area contributed by atoms with Crippen LogP contribution in [0, 0.1) is 0 Å². The minimum atomic E-state index is -0.0582. The number of benzene rings is 1. The van der Waals surface area contributed by atoms with Crippen molar-refractivity contribution in [3.8, 4) is 17.4 Å². The zero-order chi connectivity index (χ0) is 26.2. The number of nitrogens with zero attached hydrogens (tertiary/aromatic N) is 5. The standard InChI is InChI=1S/C26H35N7O4/c1-4-5-6-10-33-12-13-37-21-14-18(7-8-20(21)36-3)28-15-19-23-24(27-9-11-32(2)22(34)16-33)29-17-30-25(23)31-26(19)35/h7-8,14-15,17,35H,4-6,9-13,16H2,1-3H3,(H2,27,29,30,31). The molecule has 4 rings (SSSR count). The summed E-state index contributed by atoms with van der Waals surface area (Å²) in [5.74, 6) is 1.68. The Morgan fingerprint density at radius 2 is 2.08 bits per heavy atom. The summed E-state index contributed by atoms with van der Waals surface area (Å²) in [7, 11) is 3.39. The van der Waals surface area contributed by atoms with E-state index < -0.39 is 0 Å². The van der Waals surface area contributed by atoms with Gasteiger partial charge in [-0.15, -0.1) is 0 Å². The van der Waals surface area contributed by atoms with Gasteiger partial charge in [0.15, 0.2) is 17.4 Å². The fourth-order valence-corrected chi connectivity index (χ4v) is 4.21. The van der Waals surface area contributed by atoms with Gasteiger partial charge in [-0.1, -0.05) is 19.8 Å². The topological polar surface area (TPSA) is 128 Å². The fraction of sp³-hybridized carbons (Fsp3) is 0.462. The third kappa shape index (κ3) is 6.48. The number of amides is 1. The molecule has 3 N–H and O–H groups in total. The first-order chi connectivity index (χ1) is 18.0. The lowest BCUT2D eigenvalue weighted by Gasteiger charge is -2.25.